The fourth-order valence-electron chi connectivity index (χ4n) is 0.585. The molecule has 12 heavy (non-hydrogen) atoms. The molecule has 0 saturated carbocycles. The van der Waals surface area contributed by atoms with Crippen LogP contribution in [0, 0.1) is 10.8 Å². The second-order valence-corrected chi connectivity index (χ2v) is 2.28. The number of anilines is 1. The average Bonchev–Trinajstić information content (AvgIpc) is 2.37. The van der Waals surface area contributed by atoms with Crippen LogP contribution in [0.15, 0.2) is 6.33 Å². The Morgan fingerprint density at radius 1 is 1.83 bits per heavy atom. The van der Waals surface area contributed by atoms with E-state index in [1.807, 2.05) is 0 Å². The number of hydrogen-bond acceptors (Lipinski definition) is 3. The van der Waals surface area contributed by atoms with Crippen molar-refractivity contribution in [3.8, 4) is 10.8 Å². The Labute approximate surface area is 77.3 Å². The first-order valence-electron chi connectivity index (χ1n) is 3.00. The van der Waals surface area contributed by atoms with Crippen LogP contribution in [0.5, 0.6) is 0 Å². The van der Waals surface area contributed by atoms with Gasteiger partial charge in [0.15, 0.2) is 0 Å². The second kappa shape index (κ2) is 3.88. The monoisotopic (exact) mass is 228 g/mol. The highest BCUT2D eigenvalue weighted by molar-refractivity contribution is 9.12. The lowest BCUT2D eigenvalue weighted by atomic mass is 10.6. The van der Waals surface area contributed by atoms with Crippen LogP contribution in [0.2, 0.25) is 0 Å². The lowest BCUT2D eigenvalue weighted by Crippen LogP contribution is -2.12. The Hall–Kier alpha value is -1.35. The van der Waals surface area contributed by atoms with E-state index < -0.39 is 5.91 Å². The highest BCUT2D eigenvalue weighted by Crippen LogP contribution is 1.96. The molecule has 0 unspecified atom stereocenters. The fourth-order valence-corrected chi connectivity index (χ4v) is 0.765. The summed E-state index contributed by atoms with van der Waals surface area (Å²) in [6, 6.07) is 0. The topological polar surface area (TPSA) is 59.8 Å². The number of amides is 1. The van der Waals surface area contributed by atoms with Crippen molar-refractivity contribution in [2.24, 2.45) is 7.05 Å². The smallest absolute Gasteiger partial charge is 0.284 e. The minimum Gasteiger partial charge on any atom is -0.284 e. The van der Waals surface area contributed by atoms with Gasteiger partial charge in [0.1, 0.15) is 6.33 Å². The maximum Gasteiger partial charge on any atom is 0.303 e. The predicted octanol–water partition coefficient (Wildman–Crippen LogP) is 0.109. The molecule has 0 aliphatic rings. The highest BCUT2D eigenvalue weighted by Gasteiger charge is 2.02. The zero-order valence-electron chi connectivity index (χ0n) is 6.21. The summed E-state index contributed by atoms with van der Waals surface area (Å²) in [7, 11) is 1.67. The summed E-state index contributed by atoms with van der Waals surface area (Å²) in [5.74, 6) is 2.19. The van der Waals surface area contributed by atoms with Gasteiger partial charge in [-0.05, 0) is 4.83 Å². The van der Waals surface area contributed by atoms with Gasteiger partial charge in [-0.25, -0.2) is 4.68 Å². The Kier molecular flexibility index (Phi) is 2.82. The molecular formula is C6H5BrN4O. The Morgan fingerprint density at radius 2 is 2.58 bits per heavy atom. The van der Waals surface area contributed by atoms with Crippen molar-refractivity contribution in [3.63, 3.8) is 0 Å². The number of nitrogens with one attached hydrogen (secondary N) is 1. The Bertz CT molecular complexity index is 348. The molecule has 0 aliphatic carbocycles. The van der Waals surface area contributed by atoms with Crippen molar-refractivity contribution in [3.05, 3.63) is 6.33 Å². The van der Waals surface area contributed by atoms with Gasteiger partial charge < -0.3 is 0 Å². The first-order chi connectivity index (χ1) is 5.74. The molecule has 0 bridgehead atoms. The van der Waals surface area contributed by atoms with Gasteiger partial charge in [0.05, 0.1) is 0 Å². The molecular weight excluding hydrogens is 224 g/mol. The predicted molar refractivity (Wildman–Crippen MR) is 46.3 cm³/mol. The van der Waals surface area contributed by atoms with E-state index in [2.05, 4.69) is 42.1 Å². The van der Waals surface area contributed by atoms with Crippen molar-refractivity contribution < 1.29 is 4.79 Å². The van der Waals surface area contributed by atoms with Gasteiger partial charge in [-0.3, -0.25) is 10.1 Å². The molecule has 1 aromatic rings. The lowest BCUT2D eigenvalue weighted by Gasteiger charge is -1.96. The molecule has 1 rings (SSSR count). The van der Waals surface area contributed by atoms with Crippen LogP contribution in [0.25, 0.3) is 0 Å². The number of nitrogens with zero attached hydrogens (tertiary/aromatic N) is 3. The molecule has 0 aromatic carbocycles. The van der Waals surface area contributed by atoms with Crippen LogP contribution < -0.4 is 5.32 Å². The normalized spacial score (nSPS) is 8.50. The Morgan fingerprint density at radius 3 is 3.08 bits per heavy atom. The molecule has 0 spiro atoms. The molecule has 0 atom stereocenters. The summed E-state index contributed by atoms with van der Waals surface area (Å²) in [5.41, 5.74) is 0. The van der Waals surface area contributed by atoms with Crippen molar-refractivity contribution in [1.82, 2.24) is 14.8 Å². The number of aryl methyl sites for hydroxylation is 1. The maximum atomic E-state index is 10.9. The summed E-state index contributed by atoms with van der Waals surface area (Å²) < 4.78 is 1.44. The molecule has 1 N–H and O–H groups in total. The van der Waals surface area contributed by atoms with E-state index in [0.717, 1.165) is 0 Å². The quantitative estimate of drug-likeness (QED) is 0.695. The largest absolute Gasteiger partial charge is 0.303 e. The summed E-state index contributed by atoms with van der Waals surface area (Å²) in [4.78, 5) is 16.9. The molecule has 1 amide bonds. The molecule has 5 nitrogen and oxygen atoms in total. The van der Waals surface area contributed by atoms with Gasteiger partial charge in [-0.15, -0.1) is 0 Å². The third-order valence-corrected chi connectivity index (χ3v) is 1.30. The molecule has 0 aliphatic heterocycles. The summed E-state index contributed by atoms with van der Waals surface area (Å²) in [5, 5.41) is 6.20. The maximum absolute atomic E-state index is 10.9. The molecule has 1 aromatic heterocycles. The number of carbonyl (C=O) groups excluding carboxylic acids is 1. The minimum absolute atomic E-state index is 0.371. The zero-order valence-corrected chi connectivity index (χ0v) is 7.79. The second-order valence-electron chi connectivity index (χ2n) is 1.88. The van der Waals surface area contributed by atoms with E-state index in [-0.39, 0.29) is 0 Å². The van der Waals surface area contributed by atoms with Crippen molar-refractivity contribution in [2.75, 3.05) is 5.32 Å². The number of halogens is 1. The third kappa shape index (κ3) is 2.07. The fraction of sp³-hybridized carbons (Fsp3) is 0.167. The number of hydrogen-bond donors (Lipinski definition) is 1. The molecule has 0 fully saturated rings. The Balaban J connectivity index is 2.68. The van der Waals surface area contributed by atoms with Crippen LogP contribution >= 0.6 is 15.9 Å². The lowest BCUT2D eigenvalue weighted by molar-refractivity contribution is -0.111. The van der Waals surface area contributed by atoms with E-state index in [0.29, 0.717) is 5.95 Å². The van der Waals surface area contributed by atoms with E-state index in [1.54, 1.807) is 7.05 Å². The summed E-state index contributed by atoms with van der Waals surface area (Å²) in [6.45, 7) is 0. The first-order valence-corrected chi connectivity index (χ1v) is 3.80. The first kappa shape index (κ1) is 8.74. The number of carbonyl (C=O) groups is 1. The van der Waals surface area contributed by atoms with Crippen LogP contribution in [0.1, 0.15) is 0 Å². The summed E-state index contributed by atoms with van der Waals surface area (Å²) in [6.07, 6.45) is 1.34. The van der Waals surface area contributed by atoms with Gasteiger partial charge in [0, 0.05) is 28.9 Å². The van der Waals surface area contributed by atoms with E-state index >= 15 is 0 Å². The summed E-state index contributed by atoms with van der Waals surface area (Å²) >= 11 is 2.81. The molecule has 0 saturated heterocycles. The zero-order chi connectivity index (χ0) is 8.97. The van der Waals surface area contributed by atoms with Gasteiger partial charge in [-0.1, -0.05) is 0 Å². The number of aromatic nitrogens is 3. The minimum atomic E-state index is -0.428. The van der Waals surface area contributed by atoms with E-state index in [4.69, 9.17) is 0 Å². The average molecular weight is 229 g/mol. The SMILES string of the molecule is Cn1ncnc1NC(=O)C#CBr. The molecule has 62 valence electrons. The van der Waals surface area contributed by atoms with Crippen LogP contribution in [-0.2, 0) is 11.8 Å². The number of rotatable bonds is 1. The molecule has 0 radical (unpaired) electrons. The van der Waals surface area contributed by atoms with Crippen molar-refractivity contribution >= 4 is 27.8 Å². The van der Waals surface area contributed by atoms with Gasteiger partial charge >= 0.3 is 5.91 Å². The van der Waals surface area contributed by atoms with Crippen molar-refractivity contribution in [2.45, 2.75) is 0 Å². The molecule has 1 heterocycles. The molecule has 6 heteroatoms. The standard InChI is InChI=1S/C6H5BrN4O/c1-11-6(8-4-9-11)10-5(12)2-3-7/h4H,1H3,(H,8,9,10,12). The highest BCUT2D eigenvalue weighted by atomic mass is 79.9. The van der Waals surface area contributed by atoms with Crippen LogP contribution in [0.4, 0.5) is 5.95 Å². The van der Waals surface area contributed by atoms with Gasteiger partial charge in [0.2, 0.25) is 5.95 Å². The van der Waals surface area contributed by atoms with Gasteiger partial charge in [0.25, 0.3) is 0 Å². The van der Waals surface area contributed by atoms with E-state index in [1.165, 1.54) is 11.0 Å². The van der Waals surface area contributed by atoms with Gasteiger partial charge in [-0.2, -0.15) is 10.1 Å². The van der Waals surface area contributed by atoms with Crippen LogP contribution in [0.3, 0.4) is 0 Å². The van der Waals surface area contributed by atoms with E-state index in [9.17, 15) is 4.79 Å². The van der Waals surface area contributed by atoms with Crippen LogP contribution in [-0.4, -0.2) is 20.7 Å². The third-order valence-electron chi connectivity index (χ3n) is 1.10. The van der Waals surface area contributed by atoms with Crippen molar-refractivity contribution in [1.29, 1.82) is 0 Å².